The van der Waals surface area contributed by atoms with Crippen LogP contribution in [0.2, 0.25) is 0 Å². The van der Waals surface area contributed by atoms with E-state index >= 15 is 0 Å². The number of aryl methyl sites for hydroxylation is 1. The molecule has 2 atom stereocenters. The van der Waals surface area contributed by atoms with E-state index in [4.69, 9.17) is 0 Å². The van der Waals surface area contributed by atoms with Gasteiger partial charge in [-0.1, -0.05) is 0 Å². The lowest BCUT2D eigenvalue weighted by molar-refractivity contribution is 0.0747. The number of carbonyl (C=O) groups is 1. The molecule has 0 aliphatic carbocycles. The number of nitrogens with zero attached hydrogens (tertiary/aromatic N) is 2. The van der Waals surface area contributed by atoms with Gasteiger partial charge in [0.25, 0.3) is 5.91 Å². The van der Waals surface area contributed by atoms with Crippen LogP contribution in [0.5, 0.6) is 0 Å². The second-order valence-corrected chi connectivity index (χ2v) is 7.30. The zero-order valence-corrected chi connectivity index (χ0v) is 14.1. The number of amides is 1. The van der Waals surface area contributed by atoms with Crippen LogP contribution in [0.3, 0.4) is 0 Å². The van der Waals surface area contributed by atoms with Crippen LogP contribution in [0.25, 0.3) is 11.3 Å². The standard InChI is InChI=1S/C18H21N3OS/c1-12-16(4-5-17(19-12)13-7-9-23-11-13)18(22)21-8-6-14-2-3-15(10-21)20-14/h4-5,7,9,11,14-15,20H,2-3,6,8,10H2,1H3. The fraction of sp³-hybridized carbons (Fsp3) is 0.444. The van der Waals surface area contributed by atoms with Gasteiger partial charge in [-0.05, 0) is 49.8 Å². The topological polar surface area (TPSA) is 45.2 Å². The molecule has 2 aliphatic heterocycles. The summed E-state index contributed by atoms with van der Waals surface area (Å²) in [5.74, 6) is 0.126. The Balaban J connectivity index is 1.56. The first kappa shape index (κ1) is 14.8. The first-order chi connectivity index (χ1) is 11.2. The van der Waals surface area contributed by atoms with E-state index in [0.717, 1.165) is 42.0 Å². The number of thiophene rings is 1. The zero-order chi connectivity index (χ0) is 15.8. The van der Waals surface area contributed by atoms with Gasteiger partial charge in [0.15, 0.2) is 0 Å². The number of rotatable bonds is 2. The van der Waals surface area contributed by atoms with E-state index in [0.29, 0.717) is 12.1 Å². The molecule has 2 bridgehead atoms. The van der Waals surface area contributed by atoms with Crippen molar-refractivity contribution >= 4 is 17.2 Å². The van der Waals surface area contributed by atoms with E-state index < -0.39 is 0 Å². The minimum absolute atomic E-state index is 0.126. The number of likely N-dealkylation sites (tertiary alicyclic amines) is 1. The maximum atomic E-state index is 12.9. The molecule has 4 rings (SSSR count). The van der Waals surface area contributed by atoms with E-state index in [1.165, 1.54) is 12.8 Å². The molecule has 23 heavy (non-hydrogen) atoms. The molecular formula is C18H21N3OS. The first-order valence-corrected chi connectivity index (χ1v) is 9.20. The van der Waals surface area contributed by atoms with Crippen molar-refractivity contribution in [3.05, 3.63) is 40.2 Å². The highest BCUT2D eigenvalue weighted by molar-refractivity contribution is 7.08. The average molecular weight is 327 g/mol. The summed E-state index contributed by atoms with van der Waals surface area (Å²) in [6.07, 6.45) is 3.49. The van der Waals surface area contributed by atoms with Crippen molar-refractivity contribution in [1.29, 1.82) is 0 Å². The summed E-state index contributed by atoms with van der Waals surface area (Å²) < 4.78 is 0. The molecule has 0 aromatic carbocycles. The second kappa shape index (κ2) is 6.06. The van der Waals surface area contributed by atoms with Crippen LogP contribution in [0.1, 0.15) is 35.3 Å². The molecule has 2 fully saturated rings. The molecule has 2 aromatic rings. The third kappa shape index (κ3) is 2.91. The molecule has 2 unspecified atom stereocenters. The molecule has 2 aromatic heterocycles. The summed E-state index contributed by atoms with van der Waals surface area (Å²) in [5, 5.41) is 7.75. The molecule has 1 amide bonds. The van der Waals surface area contributed by atoms with Crippen LogP contribution in [0.15, 0.2) is 29.0 Å². The molecule has 1 N–H and O–H groups in total. The summed E-state index contributed by atoms with van der Waals surface area (Å²) in [7, 11) is 0. The second-order valence-electron chi connectivity index (χ2n) is 6.52. The third-order valence-corrected chi connectivity index (χ3v) is 5.63. The Kier molecular flexibility index (Phi) is 3.91. The quantitative estimate of drug-likeness (QED) is 0.922. The Morgan fingerprint density at radius 2 is 2.13 bits per heavy atom. The summed E-state index contributed by atoms with van der Waals surface area (Å²) in [4.78, 5) is 19.6. The largest absolute Gasteiger partial charge is 0.337 e. The minimum Gasteiger partial charge on any atom is -0.337 e. The molecule has 4 nitrogen and oxygen atoms in total. The predicted molar refractivity (Wildman–Crippen MR) is 92.8 cm³/mol. The van der Waals surface area contributed by atoms with E-state index in [-0.39, 0.29) is 5.91 Å². The number of fused-ring (bicyclic) bond motifs is 2. The Morgan fingerprint density at radius 1 is 1.26 bits per heavy atom. The highest BCUT2D eigenvalue weighted by atomic mass is 32.1. The summed E-state index contributed by atoms with van der Waals surface area (Å²) in [6.45, 7) is 3.60. The lowest BCUT2D eigenvalue weighted by Crippen LogP contribution is -2.39. The van der Waals surface area contributed by atoms with Crippen molar-refractivity contribution in [1.82, 2.24) is 15.2 Å². The smallest absolute Gasteiger partial charge is 0.255 e. The van der Waals surface area contributed by atoms with Gasteiger partial charge in [-0.2, -0.15) is 11.3 Å². The van der Waals surface area contributed by atoms with Crippen molar-refractivity contribution < 1.29 is 4.79 Å². The van der Waals surface area contributed by atoms with E-state index in [2.05, 4.69) is 21.7 Å². The van der Waals surface area contributed by atoms with Gasteiger partial charge in [-0.3, -0.25) is 9.78 Å². The molecular weight excluding hydrogens is 306 g/mol. The van der Waals surface area contributed by atoms with Crippen molar-refractivity contribution in [2.45, 2.75) is 38.3 Å². The van der Waals surface area contributed by atoms with E-state index in [1.807, 2.05) is 29.3 Å². The fourth-order valence-electron chi connectivity index (χ4n) is 3.66. The van der Waals surface area contributed by atoms with Gasteiger partial charge in [0, 0.05) is 36.1 Å². The summed E-state index contributed by atoms with van der Waals surface area (Å²) in [5.41, 5.74) is 3.62. The normalized spacial score (nSPS) is 23.8. The molecule has 0 radical (unpaired) electrons. The monoisotopic (exact) mass is 327 g/mol. The van der Waals surface area contributed by atoms with Gasteiger partial charge in [-0.25, -0.2) is 0 Å². The highest BCUT2D eigenvalue weighted by Crippen LogP contribution is 2.24. The van der Waals surface area contributed by atoms with Gasteiger partial charge in [0.1, 0.15) is 0 Å². The van der Waals surface area contributed by atoms with Crippen LogP contribution in [-0.4, -0.2) is 41.0 Å². The zero-order valence-electron chi connectivity index (χ0n) is 13.3. The molecule has 2 saturated heterocycles. The van der Waals surface area contributed by atoms with Crippen LogP contribution >= 0.6 is 11.3 Å². The molecule has 0 saturated carbocycles. The number of carbonyl (C=O) groups excluding carboxylic acids is 1. The Bertz CT molecular complexity index is 713. The van der Waals surface area contributed by atoms with Crippen molar-refractivity contribution in [3.8, 4) is 11.3 Å². The Hall–Kier alpha value is -1.72. The summed E-state index contributed by atoms with van der Waals surface area (Å²) in [6, 6.07) is 7.02. The van der Waals surface area contributed by atoms with Gasteiger partial charge in [0.05, 0.1) is 17.0 Å². The van der Waals surface area contributed by atoms with Gasteiger partial charge >= 0.3 is 0 Å². The highest BCUT2D eigenvalue weighted by Gasteiger charge is 2.31. The van der Waals surface area contributed by atoms with Crippen molar-refractivity contribution in [2.24, 2.45) is 0 Å². The molecule has 0 spiro atoms. The number of hydrogen-bond donors (Lipinski definition) is 1. The van der Waals surface area contributed by atoms with E-state index in [9.17, 15) is 4.79 Å². The maximum Gasteiger partial charge on any atom is 0.255 e. The number of nitrogens with one attached hydrogen (secondary N) is 1. The Labute approximate surface area is 140 Å². The summed E-state index contributed by atoms with van der Waals surface area (Å²) >= 11 is 1.66. The first-order valence-electron chi connectivity index (χ1n) is 8.26. The predicted octanol–water partition coefficient (Wildman–Crippen LogP) is 3.09. The Morgan fingerprint density at radius 3 is 2.91 bits per heavy atom. The van der Waals surface area contributed by atoms with Crippen molar-refractivity contribution in [2.75, 3.05) is 13.1 Å². The average Bonchev–Trinajstić information content (AvgIpc) is 3.16. The van der Waals surface area contributed by atoms with Crippen LogP contribution in [0.4, 0.5) is 0 Å². The van der Waals surface area contributed by atoms with Crippen LogP contribution in [-0.2, 0) is 0 Å². The third-order valence-electron chi connectivity index (χ3n) is 4.94. The SMILES string of the molecule is Cc1nc(-c2ccsc2)ccc1C(=O)N1CCC2CCC(C1)N2. The molecule has 120 valence electrons. The molecule has 5 heteroatoms. The number of aromatic nitrogens is 1. The molecule has 4 heterocycles. The van der Waals surface area contributed by atoms with Gasteiger partial charge < -0.3 is 10.2 Å². The maximum absolute atomic E-state index is 12.9. The van der Waals surface area contributed by atoms with Gasteiger partial charge in [0.2, 0.25) is 0 Å². The lowest BCUT2D eigenvalue weighted by atomic mass is 10.1. The lowest BCUT2D eigenvalue weighted by Gasteiger charge is -2.25. The minimum atomic E-state index is 0.126. The van der Waals surface area contributed by atoms with E-state index in [1.54, 1.807) is 11.3 Å². The number of pyridine rings is 1. The number of hydrogen-bond acceptors (Lipinski definition) is 4. The van der Waals surface area contributed by atoms with Crippen LogP contribution in [0, 0.1) is 6.92 Å². The van der Waals surface area contributed by atoms with Crippen molar-refractivity contribution in [3.63, 3.8) is 0 Å². The van der Waals surface area contributed by atoms with Crippen LogP contribution < -0.4 is 5.32 Å². The van der Waals surface area contributed by atoms with Gasteiger partial charge in [-0.15, -0.1) is 0 Å². The molecule has 2 aliphatic rings. The fourth-order valence-corrected chi connectivity index (χ4v) is 4.31.